The van der Waals surface area contributed by atoms with E-state index in [2.05, 4.69) is 25.4 Å². The molecule has 0 saturated heterocycles. The Morgan fingerprint density at radius 1 is 1.17 bits per heavy atom. The van der Waals surface area contributed by atoms with Crippen molar-refractivity contribution in [2.75, 3.05) is 31.0 Å². The zero-order valence-electron chi connectivity index (χ0n) is 18.2. The zero-order valence-corrected chi connectivity index (χ0v) is 19.7. The van der Waals surface area contributed by atoms with E-state index in [9.17, 15) is 9.18 Å². The van der Waals surface area contributed by atoms with E-state index < -0.39 is 11.8 Å². The van der Waals surface area contributed by atoms with E-state index in [1.54, 1.807) is 25.3 Å². The van der Waals surface area contributed by atoms with Gasteiger partial charge in [-0.2, -0.15) is 0 Å². The van der Waals surface area contributed by atoms with E-state index in [0.29, 0.717) is 33.3 Å². The van der Waals surface area contributed by atoms with Gasteiger partial charge in [-0.3, -0.25) is 10.3 Å². The Bertz CT molecular complexity index is 1430. The van der Waals surface area contributed by atoms with Crippen LogP contribution in [0.5, 0.6) is 17.2 Å². The molecule has 0 aliphatic rings. The van der Waals surface area contributed by atoms with Crippen LogP contribution < -0.4 is 20.1 Å². The van der Waals surface area contributed by atoms with Gasteiger partial charge in [0.05, 0.1) is 30.6 Å². The number of halogens is 2. The predicted octanol–water partition coefficient (Wildman–Crippen LogP) is 6.50. The van der Waals surface area contributed by atoms with Crippen molar-refractivity contribution in [1.82, 2.24) is 9.97 Å². The number of thiazole rings is 1. The van der Waals surface area contributed by atoms with Gasteiger partial charge in [0, 0.05) is 24.8 Å². The normalized spacial score (nSPS) is 10.6. The first-order valence-electron chi connectivity index (χ1n) is 10.1. The number of rotatable bonds is 8. The Morgan fingerprint density at radius 2 is 2.03 bits per heavy atom. The fourth-order valence-electron chi connectivity index (χ4n) is 3.01. The number of anilines is 2. The summed E-state index contributed by atoms with van der Waals surface area (Å²) in [7, 11) is 1.56. The monoisotopic (exact) mass is 513 g/mol. The van der Waals surface area contributed by atoms with Crippen molar-refractivity contribution in [1.29, 1.82) is 0 Å². The van der Waals surface area contributed by atoms with Gasteiger partial charge in [0.15, 0.2) is 5.13 Å². The Labute approximate surface area is 208 Å². The Balaban J connectivity index is 1.52. The molecule has 0 atom stereocenters. The van der Waals surface area contributed by atoms with Gasteiger partial charge in [-0.05, 0) is 30.3 Å². The van der Waals surface area contributed by atoms with Crippen LogP contribution in [0.25, 0.3) is 15.7 Å². The quantitative estimate of drug-likeness (QED) is 0.206. The summed E-state index contributed by atoms with van der Waals surface area (Å²) in [6.07, 6.45) is 2.93. The molecule has 0 radical (unpaired) electrons. The number of benzene rings is 2. The summed E-state index contributed by atoms with van der Waals surface area (Å²) in [6.45, 7) is 8.13. The fourth-order valence-corrected chi connectivity index (χ4v) is 3.82. The van der Waals surface area contributed by atoms with Gasteiger partial charge in [-0.1, -0.05) is 22.9 Å². The van der Waals surface area contributed by atoms with Crippen molar-refractivity contribution in [3.05, 3.63) is 70.4 Å². The first kappa shape index (κ1) is 24.2. The Hall–Kier alpha value is -3.98. The molecular formula is C23H17ClFN5O4S. The van der Waals surface area contributed by atoms with E-state index in [1.807, 2.05) is 0 Å². The lowest BCUT2D eigenvalue weighted by atomic mass is 10.1. The highest BCUT2D eigenvalue weighted by Gasteiger charge is 2.14. The van der Waals surface area contributed by atoms with Crippen molar-refractivity contribution in [3.63, 3.8) is 0 Å². The fraction of sp³-hybridized carbons (Fsp3) is 0.130. The van der Waals surface area contributed by atoms with Crippen molar-refractivity contribution < 1.29 is 23.4 Å². The van der Waals surface area contributed by atoms with Crippen LogP contribution in [0.15, 0.2) is 48.8 Å². The smallest absolute Gasteiger partial charge is 0.325 e. The first-order valence-corrected chi connectivity index (χ1v) is 11.2. The number of ether oxygens (including phenoxy) is 3. The van der Waals surface area contributed by atoms with Crippen LogP contribution in [0.2, 0.25) is 4.34 Å². The molecule has 2 aromatic carbocycles. The number of fused-ring (bicyclic) bond motifs is 1. The minimum atomic E-state index is -0.705. The molecule has 12 heteroatoms. The molecule has 4 aromatic rings. The van der Waals surface area contributed by atoms with Crippen LogP contribution in [-0.2, 0) is 4.74 Å². The lowest BCUT2D eigenvalue weighted by Crippen LogP contribution is -2.19. The average molecular weight is 514 g/mol. The number of nitrogens with zero attached hydrogens (tertiary/aromatic N) is 3. The van der Waals surface area contributed by atoms with Gasteiger partial charge in [0.1, 0.15) is 34.0 Å². The van der Waals surface area contributed by atoms with Gasteiger partial charge in [0.2, 0.25) is 5.69 Å². The molecule has 0 saturated carbocycles. The average Bonchev–Trinajstić information content (AvgIpc) is 3.25. The van der Waals surface area contributed by atoms with E-state index in [-0.39, 0.29) is 28.9 Å². The van der Waals surface area contributed by atoms with Gasteiger partial charge >= 0.3 is 6.03 Å². The van der Waals surface area contributed by atoms with Gasteiger partial charge in [0.25, 0.3) is 0 Å². The van der Waals surface area contributed by atoms with Crippen molar-refractivity contribution in [3.8, 4) is 17.2 Å². The van der Waals surface area contributed by atoms with E-state index in [1.165, 1.54) is 24.5 Å². The molecular weight excluding hydrogens is 497 g/mol. The summed E-state index contributed by atoms with van der Waals surface area (Å²) in [5.41, 5.74) is 0.773. The van der Waals surface area contributed by atoms with Gasteiger partial charge in [-0.15, -0.1) is 0 Å². The highest BCUT2D eigenvalue weighted by atomic mass is 35.5. The largest absolute Gasteiger partial charge is 0.502 e. The van der Waals surface area contributed by atoms with E-state index >= 15 is 0 Å². The lowest BCUT2D eigenvalue weighted by Gasteiger charge is -2.13. The predicted molar refractivity (Wildman–Crippen MR) is 132 cm³/mol. The maximum atomic E-state index is 14.7. The molecule has 0 fully saturated rings. The molecule has 35 heavy (non-hydrogen) atoms. The summed E-state index contributed by atoms with van der Waals surface area (Å²) in [5.74, 6) is 0.247. The Morgan fingerprint density at radius 3 is 2.74 bits per heavy atom. The van der Waals surface area contributed by atoms with Crippen LogP contribution in [0.1, 0.15) is 0 Å². The van der Waals surface area contributed by atoms with E-state index in [4.69, 9.17) is 32.4 Å². The lowest BCUT2D eigenvalue weighted by molar-refractivity contribution is 0.147. The molecule has 0 spiro atoms. The molecule has 4 rings (SSSR count). The second-order valence-electron chi connectivity index (χ2n) is 6.89. The minimum absolute atomic E-state index is 0.0507. The number of methoxy groups -OCH3 is 1. The highest BCUT2D eigenvalue weighted by Crippen LogP contribution is 2.37. The second-order valence-corrected chi connectivity index (χ2v) is 8.55. The van der Waals surface area contributed by atoms with Crippen LogP contribution in [0, 0.1) is 12.4 Å². The number of nitrogens with one attached hydrogen (secondary N) is 2. The number of carbonyl (C=O) groups is 1. The zero-order chi connectivity index (χ0) is 24.8. The number of amides is 2. The SMILES string of the molecule is [C-]#[N+]c1cc2c(Oc3ccc(NC(=O)Nc4ncc(Cl)s4)c(F)c3)ccnc2cc1OCCOC. The molecule has 0 unspecified atom stereocenters. The molecule has 2 aromatic heterocycles. The molecule has 9 nitrogen and oxygen atoms in total. The maximum Gasteiger partial charge on any atom is 0.325 e. The number of hydrogen-bond acceptors (Lipinski definition) is 7. The summed E-state index contributed by atoms with van der Waals surface area (Å²) in [4.78, 5) is 23.8. The molecule has 2 amide bonds. The van der Waals surface area contributed by atoms with Crippen molar-refractivity contribution in [2.45, 2.75) is 0 Å². The van der Waals surface area contributed by atoms with Crippen molar-refractivity contribution >= 4 is 56.4 Å². The topological polar surface area (TPSA) is 99.0 Å². The summed E-state index contributed by atoms with van der Waals surface area (Å²) in [6, 6.07) is 8.21. The highest BCUT2D eigenvalue weighted by molar-refractivity contribution is 7.19. The Kier molecular flexibility index (Phi) is 7.57. The third kappa shape index (κ3) is 5.93. The molecule has 0 aliphatic carbocycles. The number of aromatic nitrogens is 2. The number of carbonyl (C=O) groups excluding carboxylic acids is 1. The summed E-state index contributed by atoms with van der Waals surface area (Å²) >= 11 is 6.86. The summed E-state index contributed by atoms with van der Waals surface area (Å²) < 4.78 is 31.5. The summed E-state index contributed by atoms with van der Waals surface area (Å²) in [5, 5.41) is 5.72. The molecule has 0 bridgehead atoms. The van der Waals surface area contributed by atoms with Crippen LogP contribution in [0.4, 0.5) is 25.7 Å². The van der Waals surface area contributed by atoms with Gasteiger partial charge in [-0.25, -0.2) is 19.0 Å². The minimum Gasteiger partial charge on any atom is -0.502 e. The number of pyridine rings is 1. The third-order valence-corrected chi connectivity index (χ3v) is 5.59. The van der Waals surface area contributed by atoms with Gasteiger partial charge < -0.3 is 19.5 Å². The van der Waals surface area contributed by atoms with Crippen molar-refractivity contribution in [2.24, 2.45) is 0 Å². The molecule has 0 aliphatic heterocycles. The molecule has 2 heterocycles. The molecule has 2 N–H and O–H groups in total. The van der Waals surface area contributed by atoms with E-state index in [0.717, 1.165) is 17.4 Å². The molecule has 178 valence electrons. The number of hydrogen-bond donors (Lipinski definition) is 2. The standard InChI is InChI=1S/C23H17ClFN5O4S/c1-26-18-10-14-17(11-20(18)33-8-7-32-2)27-6-5-19(14)34-13-3-4-16(15(25)9-13)29-22(31)30-23-28-12-21(24)35-23/h3-6,9-12H,7-8H2,2H3,(H2,28,29,30,31). The first-order chi connectivity index (χ1) is 17.0. The number of urea groups is 1. The van der Waals surface area contributed by atoms with Crippen LogP contribution in [-0.4, -0.2) is 36.3 Å². The maximum absolute atomic E-state index is 14.7. The second kappa shape index (κ2) is 11.0. The third-order valence-electron chi connectivity index (χ3n) is 4.56. The van der Waals surface area contributed by atoms with Crippen LogP contribution in [0.3, 0.4) is 0 Å². The van der Waals surface area contributed by atoms with Crippen LogP contribution >= 0.6 is 22.9 Å².